The van der Waals surface area contributed by atoms with E-state index in [9.17, 15) is 0 Å². The van der Waals surface area contributed by atoms with Crippen LogP contribution in [0.1, 0.15) is 35.4 Å². The highest BCUT2D eigenvalue weighted by molar-refractivity contribution is 6.31. The Labute approximate surface area is 144 Å². The highest BCUT2D eigenvalue weighted by Gasteiger charge is 2.20. The van der Waals surface area contributed by atoms with E-state index in [0.717, 1.165) is 16.8 Å². The molecule has 6 heteroatoms. The van der Waals surface area contributed by atoms with Gasteiger partial charge >= 0.3 is 6.01 Å². The number of halogens is 1. The van der Waals surface area contributed by atoms with Crippen LogP contribution in [0.25, 0.3) is 0 Å². The van der Waals surface area contributed by atoms with E-state index < -0.39 is 0 Å². The van der Waals surface area contributed by atoms with Gasteiger partial charge in [-0.25, -0.2) is 0 Å². The van der Waals surface area contributed by atoms with E-state index >= 15 is 0 Å². The number of aryl methyl sites for hydroxylation is 1. The molecule has 2 aromatic carbocycles. The Hall–Kier alpha value is -2.84. The van der Waals surface area contributed by atoms with Crippen LogP contribution in [0.2, 0.25) is 5.02 Å². The van der Waals surface area contributed by atoms with Gasteiger partial charge in [-0.15, -0.1) is 5.10 Å². The number of aromatic nitrogens is 2. The quantitative estimate of drug-likeness (QED) is 0.739. The van der Waals surface area contributed by atoms with Crippen molar-refractivity contribution < 1.29 is 4.42 Å². The highest BCUT2D eigenvalue weighted by atomic mass is 35.5. The van der Waals surface area contributed by atoms with Gasteiger partial charge in [-0.05, 0) is 55.3 Å². The monoisotopic (exact) mass is 338 g/mol. The van der Waals surface area contributed by atoms with E-state index in [2.05, 4.69) is 21.6 Å². The summed E-state index contributed by atoms with van der Waals surface area (Å²) in [7, 11) is 0. The molecule has 1 unspecified atom stereocenters. The molecule has 0 aliphatic rings. The van der Waals surface area contributed by atoms with E-state index in [1.807, 2.05) is 32.0 Å². The molecule has 3 rings (SSSR count). The molecule has 0 saturated carbocycles. The van der Waals surface area contributed by atoms with Crippen LogP contribution in [0, 0.1) is 18.3 Å². The van der Waals surface area contributed by atoms with Crippen LogP contribution in [-0.4, -0.2) is 10.2 Å². The third-order valence-electron chi connectivity index (χ3n) is 3.78. The van der Waals surface area contributed by atoms with Crippen LogP contribution in [0.15, 0.2) is 46.9 Å². The smallest absolute Gasteiger partial charge is 0.320 e. The zero-order valence-corrected chi connectivity index (χ0v) is 14.0. The Balaban J connectivity index is 1.81. The topological polar surface area (TPSA) is 74.7 Å². The van der Waals surface area contributed by atoms with Gasteiger partial charge < -0.3 is 9.73 Å². The van der Waals surface area contributed by atoms with Crippen LogP contribution < -0.4 is 5.32 Å². The minimum Gasteiger partial charge on any atom is -0.407 e. The molecule has 1 aromatic heterocycles. The number of nitriles is 1. The third-order valence-corrected chi connectivity index (χ3v) is 4.11. The van der Waals surface area contributed by atoms with Crippen molar-refractivity contribution in [3.8, 4) is 6.07 Å². The lowest BCUT2D eigenvalue weighted by Crippen LogP contribution is -2.00. The zero-order chi connectivity index (χ0) is 17.1. The van der Waals surface area contributed by atoms with Gasteiger partial charge in [-0.2, -0.15) is 5.26 Å². The summed E-state index contributed by atoms with van der Waals surface area (Å²) in [6.45, 7) is 3.98. The van der Waals surface area contributed by atoms with Crippen LogP contribution in [0.5, 0.6) is 0 Å². The molecule has 0 spiro atoms. The van der Waals surface area contributed by atoms with E-state index in [4.69, 9.17) is 21.3 Å². The number of benzene rings is 2. The first-order chi connectivity index (χ1) is 11.6. The Morgan fingerprint density at radius 1 is 1.17 bits per heavy atom. The molecule has 0 saturated heterocycles. The summed E-state index contributed by atoms with van der Waals surface area (Å²) in [5, 5.41) is 20.7. The normalized spacial score (nSPS) is 11.8. The van der Waals surface area contributed by atoms with Gasteiger partial charge in [0.15, 0.2) is 0 Å². The molecule has 24 heavy (non-hydrogen) atoms. The highest BCUT2D eigenvalue weighted by Crippen LogP contribution is 2.32. The predicted octanol–water partition coefficient (Wildman–Crippen LogP) is 4.80. The summed E-state index contributed by atoms with van der Waals surface area (Å²) in [6, 6.07) is 15.1. The molecular weight excluding hydrogens is 324 g/mol. The molecular formula is C18H15ClN4O. The number of hydrogen-bond acceptors (Lipinski definition) is 5. The molecule has 0 fully saturated rings. The summed E-state index contributed by atoms with van der Waals surface area (Å²) >= 11 is 6.31. The van der Waals surface area contributed by atoms with Crippen molar-refractivity contribution in [3.63, 3.8) is 0 Å². The Kier molecular flexibility index (Phi) is 4.50. The van der Waals surface area contributed by atoms with E-state index in [1.165, 1.54) is 0 Å². The third kappa shape index (κ3) is 3.24. The summed E-state index contributed by atoms with van der Waals surface area (Å²) in [5.41, 5.74) is 3.42. The fourth-order valence-corrected chi connectivity index (χ4v) is 2.91. The molecule has 5 nitrogen and oxygen atoms in total. The molecule has 0 aliphatic carbocycles. The average molecular weight is 339 g/mol. The van der Waals surface area contributed by atoms with Crippen LogP contribution in [0.3, 0.4) is 0 Å². The first kappa shape index (κ1) is 16.0. The molecule has 0 aliphatic heterocycles. The lowest BCUT2D eigenvalue weighted by atomic mass is 9.96. The van der Waals surface area contributed by atoms with Gasteiger partial charge in [0.1, 0.15) is 0 Å². The summed E-state index contributed by atoms with van der Waals surface area (Å²) < 4.78 is 5.71. The van der Waals surface area contributed by atoms with Crippen LogP contribution >= 0.6 is 11.6 Å². The molecule has 0 amide bonds. The van der Waals surface area contributed by atoms with Gasteiger partial charge in [0.25, 0.3) is 0 Å². The molecule has 1 heterocycles. The molecule has 0 bridgehead atoms. The second kappa shape index (κ2) is 6.73. The second-order valence-electron chi connectivity index (χ2n) is 5.45. The Bertz CT molecular complexity index is 876. The maximum Gasteiger partial charge on any atom is 0.320 e. The zero-order valence-electron chi connectivity index (χ0n) is 13.2. The molecule has 0 radical (unpaired) electrons. The largest absolute Gasteiger partial charge is 0.407 e. The Morgan fingerprint density at radius 3 is 2.58 bits per heavy atom. The van der Waals surface area contributed by atoms with E-state index in [0.29, 0.717) is 22.5 Å². The van der Waals surface area contributed by atoms with Crippen molar-refractivity contribution in [1.82, 2.24) is 10.2 Å². The van der Waals surface area contributed by atoms with E-state index in [1.54, 1.807) is 24.3 Å². The maximum absolute atomic E-state index is 8.81. The molecule has 1 atom stereocenters. The van der Waals surface area contributed by atoms with Crippen LogP contribution in [0.4, 0.5) is 11.7 Å². The lowest BCUT2D eigenvalue weighted by molar-refractivity contribution is 0.492. The van der Waals surface area contributed by atoms with Gasteiger partial charge in [0.2, 0.25) is 5.89 Å². The fourth-order valence-electron chi connectivity index (χ4n) is 2.53. The maximum atomic E-state index is 8.81. The van der Waals surface area contributed by atoms with Crippen molar-refractivity contribution >= 4 is 23.3 Å². The Morgan fingerprint density at radius 2 is 1.92 bits per heavy atom. The van der Waals surface area contributed by atoms with Gasteiger partial charge in [0.05, 0.1) is 17.6 Å². The molecule has 120 valence electrons. The number of anilines is 2. The number of nitrogens with one attached hydrogen (secondary N) is 1. The SMILES string of the molecule is Cc1cccc(Cl)c1C(C)c1nnc(Nc2ccc(C#N)cc2)o1. The minimum absolute atomic E-state index is 0.109. The lowest BCUT2D eigenvalue weighted by Gasteiger charge is -2.12. The van der Waals surface area contributed by atoms with Crippen molar-refractivity contribution in [3.05, 3.63) is 70.1 Å². The number of rotatable bonds is 4. The first-order valence-corrected chi connectivity index (χ1v) is 7.82. The summed E-state index contributed by atoms with van der Waals surface area (Å²) in [4.78, 5) is 0. The number of hydrogen-bond donors (Lipinski definition) is 1. The second-order valence-corrected chi connectivity index (χ2v) is 5.86. The van der Waals surface area contributed by atoms with Crippen molar-refractivity contribution in [2.24, 2.45) is 0 Å². The fraction of sp³-hybridized carbons (Fsp3) is 0.167. The van der Waals surface area contributed by atoms with Crippen LogP contribution in [-0.2, 0) is 0 Å². The van der Waals surface area contributed by atoms with Crippen molar-refractivity contribution in [2.45, 2.75) is 19.8 Å². The minimum atomic E-state index is -0.109. The first-order valence-electron chi connectivity index (χ1n) is 7.44. The van der Waals surface area contributed by atoms with Crippen molar-refractivity contribution in [2.75, 3.05) is 5.32 Å². The van der Waals surface area contributed by atoms with Gasteiger partial charge in [0, 0.05) is 10.7 Å². The van der Waals surface area contributed by atoms with Crippen molar-refractivity contribution in [1.29, 1.82) is 5.26 Å². The molecule has 1 N–H and O–H groups in total. The van der Waals surface area contributed by atoms with Gasteiger partial charge in [-0.3, -0.25) is 0 Å². The van der Waals surface area contributed by atoms with Gasteiger partial charge in [-0.1, -0.05) is 28.8 Å². The molecule has 3 aromatic rings. The summed E-state index contributed by atoms with van der Waals surface area (Å²) in [5.74, 6) is 0.380. The van der Waals surface area contributed by atoms with E-state index in [-0.39, 0.29) is 5.92 Å². The standard InChI is InChI=1S/C18H15ClN4O/c1-11-4-3-5-15(19)16(11)12(2)17-22-23-18(24-17)21-14-8-6-13(10-20)7-9-14/h3-9,12H,1-2H3,(H,21,23). The number of nitrogens with zero attached hydrogens (tertiary/aromatic N) is 3. The summed E-state index contributed by atoms with van der Waals surface area (Å²) in [6.07, 6.45) is 0. The predicted molar refractivity (Wildman–Crippen MR) is 92.4 cm³/mol. The average Bonchev–Trinajstić information content (AvgIpc) is 3.04.